The lowest BCUT2D eigenvalue weighted by molar-refractivity contribution is -0.139. The fourth-order valence-corrected chi connectivity index (χ4v) is 5.82. The van der Waals surface area contributed by atoms with Gasteiger partial charge in [0.25, 0.3) is 10.0 Å². The van der Waals surface area contributed by atoms with Crippen molar-refractivity contribution in [2.45, 2.75) is 50.3 Å². The molecule has 0 fully saturated rings. The summed E-state index contributed by atoms with van der Waals surface area (Å²) in [6, 6.07) is 15.1. The number of halogens is 5. The predicted molar refractivity (Wildman–Crippen MR) is 157 cm³/mol. The van der Waals surface area contributed by atoms with Crippen molar-refractivity contribution in [1.29, 1.82) is 0 Å². The van der Waals surface area contributed by atoms with E-state index in [1.807, 2.05) is 6.92 Å². The second-order valence-electron chi connectivity index (χ2n) is 9.46. The number of benzene rings is 3. The van der Waals surface area contributed by atoms with E-state index in [4.69, 9.17) is 23.2 Å². The van der Waals surface area contributed by atoms with Gasteiger partial charge >= 0.3 is 6.18 Å². The maximum absolute atomic E-state index is 13.9. The highest BCUT2D eigenvalue weighted by atomic mass is 35.5. The van der Waals surface area contributed by atoms with E-state index in [-0.39, 0.29) is 11.4 Å². The van der Waals surface area contributed by atoms with Crippen molar-refractivity contribution in [3.05, 3.63) is 94.0 Å². The Kier molecular flexibility index (Phi) is 11.3. The zero-order valence-corrected chi connectivity index (χ0v) is 25.2. The molecule has 0 saturated heterocycles. The number of hydrogen-bond acceptors (Lipinski definition) is 4. The number of carbonyl (C=O) groups excluding carboxylic acids is 2. The lowest BCUT2D eigenvalue weighted by Gasteiger charge is -2.32. The van der Waals surface area contributed by atoms with Gasteiger partial charge in [-0.1, -0.05) is 66.9 Å². The standard InChI is InChI=1S/C29H30Cl2F3N3O4S/c1-3-4-16-35-28(39)20(2)36(18-21-10-12-22(30)13-11-21)27(38)19-37(42(40,41)24-8-6-5-7-9-24)23-14-15-26(31)25(17-23)29(32,33)34/h5-15,17,20H,3-4,16,18-19H2,1-2H3,(H,35,39)/t20-/m0/s1. The first-order chi connectivity index (χ1) is 19.8. The smallest absolute Gasteiger partial charge is 0.354 e. The van der Waals surface area contributed by atoms with Crippen molar-refractivity contribution in [1.82, 2.24) is 10.2 Å². The molecule has 1 N–H and O–H groups in total. The lowest BCUT2D eigenvalue weighted by atomic mass is 10.1. The third kappa shape index (κ3) is 8.39. The number of nitrogens with zero attached hydrogens (tertiary/aromatic N) is 2. The highest BCUT2D eigenvalue weighted by Crippen LogP contribution is 2.38. The molecule has 0 saturated carbocycles. The van der Waals surface area contributed by atoms with Crippen LogP contribution in [0.15, 0.2) is 77.7 Å². The van der Waals surface area contributed by atoms with E-state index >= 15 is 0 Å². The Morgan fingerprint density at radius 1 is 0.976 bits per heavy atom. The molecule has 0 aliphatic heterocycles. The summed E-state index contributed by atoms with van der Waals surface area (Å²) >= 11 is 11.8. The highest BCUT2D eigenvalue weighted by molar-refractivity contribution is 7.92. The third-order valence-corrected chi connectivity index (χ3v) is 8.79. The van der Waals surface area contributed by atoms with Crippen molar-refractivity contribution >= 4 is 50.7 Å². The minimum absolute atomic E-state index is 0.0913. The molecule has 0 unspecified atom stereocenters. The number of rotatable bonds is 12. The molecule has 42 heavy (non-hydrogen) atoms. The first-order valence-electron chi connectivity index (χ1n) is 13.0. The molecule has 0 aromatic heterocycles. The number of unbranched alkanes of at least 4 members (excludes halogenated alkanes) is 1. The van der Waals surface area contributed by atoms with E-state index in [0.29, 0.717) is 33.9 Å². The minimum Gasteiger partial charge on any atom is -0.354 e. The maximum Gasteiger partial charge on any atom is 0.417 e. The number of hydrogen-bond donors (Lipinski definition) is 1. The monoisotopic (exact) mass is 643 g/mol. The van der Waals surface area contributed by atoms with Crippen molar-refractivity contribution < 1.29 is 31.2 Å². The van der Waals surface area contributed by atoms with Crippen LogP contribution in [0.25, 0.3) is 0 Å². The van der Waals surface area contributed by atoms with Crippen LogP contribution in [-0.4, -0.2) is 44.3 Å². The van der Waals surface area contributed by atoms with Crippen LogP contribution in [0.1, 0.15) is 37.8 Å². The Bertz CT molecular complexity index is 1490. The zero-order valence-electron chi connectivity index (χ0n) is 22.9. The summed E-state index contributed by atoms with van der Waals surface area (Å²) in [7, 11) is -4.54. The van der Waals surface area contributed by atoms with E-state index in [1.54, 1.807) is 30.3 Å². The molecule has 0 aliphatic rings. The van der Waals surface area contributed by atoms with Gasteiger partial charge in [0.2, 0.25) is 11.8 Å². The molecular formula is C29H30Cl2F3N3O4S. The van der Waals surface area contributed by atoms with Gasteiger partial charge in [0.1, 0.15) is 12.6 Å². The Labute approximate surface area is 253 Å². The summed E-state index contributed by atoms with van der Waals surface area (Å²) in [5.74, 6) is -1.28. The van der Waals surface area contributed by atoms with Gasteiger partial charge in [-0.2, -0.15) is 13.2 Å². The number of carbonyl (C=O) groups is 2. The van der Waals surface area contributed by atoms with Gasteiger partial charge in [0.05, 0.1) is 21.2 Å². The summed E-state index contributed by atoms with van der Waals surface area (Å²) in [5.41, 5.74) is -1.08. The normalized spacial score (nSPS) is 12.5. The van der Waals surface area contributed by atoms with Gasteiger partial charge in [-0.25, -0.2) is 8.42 Å². The molecule has 3 aromatic rings. The molecule has 2 amide bonds. The van der Waals surface area contributed by atoms with Crippen LogP contribution in [0.2, 0.25) is 10.0 Å². The van der Waals surface area contributed by atoms with E-state index in [1.165, 1.54) is 36.1 Å². The number of nitrogens with one attached hydrogen (secondary N) is 1. The van der Waals surface area contributed by atoms with Crippen LogP contribution in [0, 0.1) is 0 Å². The van der Waals surface area contributed by atoms with Crippen LogP contribution >= 0.6 is 23.2 Å². The molecule has 3 rings (SSSR count). The van der Waals surface area contributed by atoms with Crippen molar-refractivity contribution in [2.24, 2.45) is 0 Å². The second-order valence-corrected chi connectivity index (χ2v) is 12.2. The molecule has 0 bridgehead atoms. The van der Waals surface area contributed by atoms with Gasteiger partial charge in [-0.3, -0.25) is 13.9 Å². The van der Waals surface area contributed by atoms with E-state index in [0.717, 1.165) is 18.6 Å². The Balaban J connectivity index is 2.07. The molecule has 226 valence electrons. The highest BCUT2D eigenvalue weighted by Gasteiger charge is 2.37. The first kappa shape index (κ1) is 33.2. The minimum atomic E-state index is -4.88. The summed E-state index contributed by atoms with van der Waals surface area (Å²) < 4.78 is 69.2. The Hall–Kier alpha value is -3.28. The molecule has 0 heterocycles. The summed E-state index contributed by atoms with van der Waals surface area (Å²) in [6.07, 6.45) is -3.34. The van der Waals surface area contributed by atoms with Crippen molar-refractivity contribution in [3.63, 3.8) is 0 Å². The van der Waals surface area contributed by atoms with Gasteiger partial charge in [-0.15, -0.1) is 0 Å². The quantitative estimate of drug-likeness (QED) is 0.227. The maximum atomic E-state index is 13.9. The number of anilines is 1. The number of alkyl halides is 3. The first-order valence-corrected chi connectivity index (χ1v) is 15.2. The predicted octanol–water partition coefficient (Wildman–Crippen LogP) is 6.54. The van der Waals surface area contributed by atoms with Crippen LogP contribution in [-0.2, 0) is 32.3 Å². The van der Waals surface area contributed by atoms with Crippen LogP contribution in [0.5, 0.6) is 0 Å². The molecule has 3 aromatic carbocycles. The van der Waals surface area contributed by atoms with Crippen LogP contribution in [0.4, 0.5) is 18.9 Å². The average molecular weight is 645 g/mol. The molecule has 0 spiro atoms. The summed E-state index contributed by atoms with van der Waals surface area (Å²) in [4.78, 5) is 27.8. The van der Waals surface area contributed by atoms with Crippen molar-refractivity contribution in [2.75, 3.05) is 17.4 Å². The van der Waals surface area contributed by atoms with Gasteiger partial charge in [-0.05, 0) is 61.4 Å². The fraction of sp³-hybridized carbons (Fsp3) is 0.310. The molecule has 7 nitrogen and oxygen atoms in total. The Morgan fingerprint density at radius 2 is 1.62 bits per heavy atom. The molecule has 0 aliphatic carbocycles. The number of sulfonamides is 1. The average Bonchev–Trinajstić information content (AvgIpc) is 2.95. The van der Waals surface area contributed by atoms with Gasteiger partial charge in [0, 0.05) is 18.1 Å². The molecular weight excluding hydrogens is 614 g/mol. The topological polar surface area (TPSA) is 86.8 Å². The third-order valence-electron chi connectivity index (χ3n) is 6.42. The SMILES string of the molecule is CCCCNC(=O)[C@H](C)N(Cc1ccc(Cl)cc1)C(=O)CN(c1ccc(Cl)c(C(F)(F)F)c1)S(=O)(=O)c1ccccc1. The summed E-state index contributed by atoms with van der Waals surface area (Å²) in [5, 5.41) is 2.58. The van der Waals surface area contributed by atoms with E-state index in [9.17, 15) is 31.2 Å². The van der Waals surface area contributed by atoms with E-state index in [2.05, 4.69) is 5.32 Å². The van der Waals surface area contributed by atoms with Crippen LogP contribution < -0.4 is 9.62 Å². The van der Waals surface area contributed by atoms with Crippen LogP contribution in [0.3, 0.4) is 0 Å². The molecule has 13 heteroatoms. The second kappa shape index (κ2) is 14.3. The zero-order chi connectivity index (χ0) is 31.1. The molecule has 1 atom stereocenters. The lowest BCUT2D eigenvalue weighted by Crippen LogP contribution is -2.51. The Morgan fingerprint density at radius 3 is 2.21 bits per heavy atom. The van der Waals surface area contributed by atoms with Gasteiger partial charge < -0.3 is 10.2 Å². The van der Waals surface area contributed by atoms with Gasteiger partial charge in [0.15, 0.2) is 0 Å². The largest absolute Gasteiger partial charge is 0.417 e. The molecule has 0 radical (unpaired) electrons. The number of amides is 2. The summed E-state index contributed by atoms with van der Waals surface area (Å²) in [6.45, 7) is 2.84. The van der Waals surface area contributed by atoms with E-state index < -0.39 is 56.9 Å². The van der Waals surface area contributed by atoms with Crippen molar-refractivity contribution in [3.8, 4) is 0 Å². The fourth-order valence-electron chi connectivity index (χ4n) is 4.04.